The second kappa shape index (κ2) is 3.91. The third-order valence-electron chi connectivity index (χ3n) is 3.01. The molecule has 0 spiro atoms. The van der Waals surface area contributed by atoms with Crippen molar-refractivity contribution in [3.8, 4) is 11.1 Å². The summed E-state index contributed by atoms with van der Waals surface area (Å²) in [5.74, 6) is 0.694. The highest BCUT2D eigenvalue weighted by molar-refractivity contribution is 5.88. The lowest BCUT2D eigenvalue weighted by molar-refractivity contribution is -0.383. The van der Waals surface area contributed by atoms with Gasteiger partial charge in [0.2, 0.25) is 0 Å². The Balaban J connectivity index is 2.21. The zero-order valence-corrected chi connectivity index (χ0v) is 10.3. The topological polar surface area (TPSA) is 97.8 Å². The summed E-state index contributed by atoms with van der Waals surface area (Å²) in [6, 6.07) is 1.81. The summed E-state index contributed by atoms with van der Waals surface area (Å²) >= 11 is 0. The standard InChI is InChI=1S/C12H10N4O3/c1-6-11(7(2)19-15-6)8-3-9-12(14-4-8)10(5-13-9)16(17)18/h3-5,13H,1-2H3. The maximum absolute atomic E-state index is 10.8. The van der Waals surface area contributed by atoms with E-state index in [1.54, 1.807) is 6.20 Å². The number of hydrogen-bond donors (Lipinski definition) is 1. The van der Waals surface area contributed by atoms with E-state index in [0.29, 0.717) is 16.8 Å². The summed E-state index contributed by atoms with van der Waals surface area (Å²) in [6.07, 6.45) is 2.94. The van der Waals surface area contributed by atoms with Gasteiger partial charge < -0.3 is 9.51 Å². The molecule has 0 aliphatic heterocycles. The number of hydrogen-bond acceptors (Lipinski definition) is 5. The van der Waals surface area contributed by atoms with Crippen molar-refractivity contribution >= 4 is 16.7 Å². The molecule has 0 atom stereocenters. The fraction of sp³-hybridized carbons (Fsp3) is 0.167. The maximum atomic E-state index is 10.8. The summed E-state index contributed by atoms with van der Waals surface area (Å²) in [4.78, 5) is 17.4. The average Bonchev–Trinajstić information content (AvgIpc) is 2.92. The molecule has 0 bridgehead atoms. The molecule has 3 heterocycles. The summed E-state index contributed by atoms with van der Waals surface area (Å²) in [6.45, 7) is 3.66. The smallest absolute Gasteiger partial charge is 0.312 e. The molecule has 0 aliphatic carbocycles. The molecule has 0 radical (unpaired) electrons. The molecule has 0 fully saturated rings. The molecule has 0 aliphatic rings. The van der Waals surface area contributed by atoms with Crippen molar-refractivity contribution in [1.29, 1.82) is 0 Å². The van der Waals surface area contributed by atoms with E-state index in [-0.39, 0.29) is 5.69 Å². The van der Waals surface area contributed by atoms with Gasteiger partial charge in [0, 0.05) is 17.3 Å². The molecule has 7 nitrogen and oxygen atoms in total. The van der Waals surface area contributed by atoms with Crippen LogP contribution >= 0.6 is 0 Å². The minimum atomic E-state index is -0.457. The number of nitro groups is 1. The van der Waals surface area contributed by atoms with Crippen LogP contribution in [0.4, 0.5) is 5.69 Å². The van der Waals surface area contributed by atoms with E-state index < -0.39 is 4.92 Å². The van der Waals surface area contributed by atoms with Gasteiger partial charge in [-0.2, -0.15) is 0 Å². The Morgan fingerprint density at radius 2 is 2.21 bits per heavy atom. The van der Waals surface area contributed by atoms with Crippen LogP contribution in [0.1, 0.15) is 11.5 Å². The molecule has 0 amide bonds. The van der Waals surface area contributed by atoms with Crippen molar-refractivity contribution in [1.82, 2.24) is 15.1 Å². The van der Waals surface area contributed by atoms with Crippen LogP contribution in [0.3, 0.4) is 0 Å². The molecular formula is C12H10N4O3. The Bertz CT molecular complexity index is 768. The molecule has 96 valence electrons. The molecule has 0 saturated heterocycles. The summed E-state index contributed by atoms with van der Waals surface area (Å²) in [5, 5.41) is 14.7. The number of H-pyrrole nitrogens is 1. The van der Waals surface area contributed by atoms with E-state index in [4.69, 9.17) is 4.52 Å². The lowest BCUT2D eigenvalue weighted by Crippen LogP contribution is -1.88. The quantitative estimate of drug-likeness (QED) is 0.563. The highest BCUT2D eigenvalue weighted by Gasteiger charge is 2.18. The first-order valence-electron chi connectivity index (χ1n) is 5.62. The van der Waals surface area contributed by atoms with Crippen LogP contribution in [0.2, 0.25) is 0 Å². The zero-order valence-electron chi connectivity index (χ0n) is 10.3. The van der Waals surface area contributed by atoms with E-state index >= 15 is 0 Å². The van der Waals surface area contributed by atoms with Gasteiger partial charge in [-0.1, -0.05) is 5.16 Å². The van der Waals surface area contributed by atoms with Crippen molar-refractivity contribution in [2.75, 3.05) is 0 Å². The van der Waals surface area contributed by atoms with Crippen LogP contribution in [-0.2, 0) is 0 Å². The first-order valence-corrected chi connectivity index (χ1v) is 5.62. The Labute approximate surface area is 107 Å². The van der Waals surface area contributed by atoms with Crippen molar-refractivity contribution < 1.29 is 9.45 Å². The molecule has 3 aromatic heterocycles. The lowest BCUT2D eigenvalue weighted by atomic mass is 10.1. The van der Waals surface area contributed by atoms with Gasteiger partial charge in [-0.3, -0.25) is 10.1 Å². The average molecular weight is 258 g/mol. The van der Waals surface area contributed by atoms with Crippen molar-refractivity contribution in [3.63, 3.8) is 0 Å². The molecule has 0 aromatic carbocycles. The largest absolute Gasteiger partial charge is 0.361 e. The number of rotatable bonds is 2. The number of aromatic amines is 1. The van der Waals surface area contributed by atoms with Crippen LogP contribution < -0.4 is 0 Å². The third kappa shape index (κ3) is 1.67. The predicted octanol–water partition coefficient (Wildman–Crippen LogP) is 2.74. The van der Waals surface area contributed by atoms with Gasteiger partial charge in [0.05, 0.1) is 22.3 Å². The van der Waals surface area contributed by atoms with Crippen LogP contribution in [0, 0.1) is 24.0 Å². The summed E-state index contributed by atoms with van der Waals surface area (Å²) < 4.78 is 5.11. The van der Waals surface area contributed by atoms with Gasteiger partial charge in [-0.05, 0) is 19.9 Å². The number of aromatic nitrogens is 3. The second-order valence-electron chi connectivity index (χ2n) is 4.25. The van der Waals surface area contributed by atoms with Gasteiger partial charge in [-0.15, -0.1) is 0 Å². The number of aryl methyl sites for hydroxylation is 2. The molecular weight excluding hydrogens is 248 g/mol. The van der Waals surface area contributed by atoms with Gasteiger partial charge in [0.15, 0.2) is 5.52 Å². The van der Waals surface area contributed by atoms with E-state index in [9.17, 15) is 10.1 Å². The second-order valence-corrected chi connectivity index (χ2v) is 4.25. The van der Waals surface area contributed by atoms with Crippen molar-refractivity contribution in [2.24, 2.45) is 0 Å². The molecule has 3 aromatic rings. The van der Waals surface area contributed by atoms with E-state index in [1.165, 1.54) is 6.20 Å². The van der Waals surface area contributed by atoms with Crippen molar-refractivity contribution in [3.05, 3.63) is 40.0 Å². The van der Waals surface area contributed by atoms with Crippen LogP contribution in [0.25, 0.3) is 22.2 Å². The first kappa shape index (κ1) is 11.4. The Morgan fingerprint density at radius 1 is 1.42 bits per heavy atom. The summed E-state index contributed by atoms with van der Waals surface area (Å²) in [5.41, 5.74) is 3.39. The summed E-state index contributed by atoms with van der Waals surface area (Å²) in [7, 11) is 0. The SMILES string of the molecule is Cc1noc(C)c1-c1cnc2c([N+](=O)[O-])c[nH]c2c1. The Kier molecular flexibility index (Phi) is 2.34. The molecule has 19 heavy (non-hydrogen) atoms. The van der Waals surface area contributed by atoms with Crippen LogP contribution in [-0.4, -0.2) is 20.0 Å². The Hall–Kier alpha value is -2.70. The fourth-order valence-corrected chi connectivity index (χ4v) is 2.16. The molecule has 0 saturated carbocycles. The van der Waals surface area contributed by atoms with Gasteiger partial charge in [-0.25, -0.2) is 4.98 Å². The van der Waals surface area contributed by atoms with E-state index in [2.05, 4.69) is 15.1 Å². The number of nitrogens with one attached hydrogen (secondary N) is 1. The van der Waals surface area contributed by atoms with Crippen LogP contribution in [0.15, 0.2) is 23.0 Å². The normalized spacial score (nSPS) is 11.1. The molecule has 0 unspecified atom stereocenters. The van der Waals surface area contributed by atoms with Gasteiger partial charge in [0.1, 0.15) is 5.76 Å². The predicted molar refractivity (Wildman–Crippen MR) is 67.7 cm³/mol. The fourth-order valence-electron chi connectivity index (χ4n) is 2.16. The molecule has 3 rings (SSSR count). The van der Waals surface area contributed by atoms with Gasteiger partial charge >= 0.3 is 5.69 Å². The Morgan fingerprint density at radius 3 is 2.84 bits per heavy atom. The number of pyridine rings is 1. The first-order chi connectivity index (χ1) is 9.08. The number of fused-ring (bicyclic) bond motifs is 1. The third-order valence-corrected chi connectivity index (χ3v) is 3.01. The monoisotopic (exact) mass is 258 g/mol. The lowest BCUT2D eigenvalue weighted by Gasteiger charge is -1.99. The highest BCUT2D eigenvalue weighted by atomic mass is 16.6. The maximum Gasteiger partial charge on any atom is 0.312 e. The molecule has 7 heteroatoms. The minimum absolute atomic E-state index is 0.0275. The van der Waals surface area contributed by atoms with E-state index in [0.717, 1.165) is 16.8 Å². The highest BCUT2D eigenvalue weighted by Crippen LogP contribution is 2.30. The van der Waals surface area contributed by atoms with E-state index in [1.807, 2.05) is 19.9 Å². The number of nitrogens with zero attached hydrogens (tertiary/aromatic N) is 3. The van der Waals surface area contributed by atoms with Crippen LogP contribution in [0.5, 0.6) is 0 Å². The van der Waals surface area contributed by atoms with Gasteiger partial charge in [0.25, 0.3) is 0 Å². The minimum Gasteiger partial charge on any atom is -0.361 e. The molecule has 1 N–H and O–H groups in total. The zero-order chi connectivity index (χ0) is 13.6. The van der Waals surface area contributed by atoms with Crippen molar-refractivity contribution in [2.45, 2.75) is 13.8 Å².